The van der Waals surface area contributed by atoms with E-state index in [-0.39, 0.29) is 40.8 Å². The van der Waals surface area contributed by atoms with E-state index in [1.54, 1.807) is 19.2 Å². The monoisotopic (exact) mass is 1430 g/mol. The number of nitrogens with one attached hydrogen (secondary N) is 1. The largest absolute Gasteiger partial charge is 0.495 e. The zero-order chi connectivity index (χ0) is 75.5. The number of nitrogens with two attached hydrogens (primary N) is 2. The van der Waals surface area contributed by atoms with Gasteiger partial charge >= 0.3 is 13.1 Å². The molecule has 0 atom stereocenters. The van der Waals surface area contributed by atoms with Gasteiger partial charge < -0.3 is 60.1 Å². The van der Waals surface area contributed by atoms with Gasteiger partial charge in [0.05, 0.1) is 72.9 Å². The second kappa shape index (κ2) is 36.0. The van der Waals surface area contributed by atoms with Crippen molar-refractivity contribution in [3.05, 3.63) is 178 Å². The highest BCUT2D eigenvalue weighted by Gasteiger charge is 2.52. The molecule has 4 aliphatic heterocycles. The van der Waals surface area contributed by atoms with Crippen LogP contribution in [0.2, 0.25) is 5.02 Å². The van der Waals surface area contributed by atoms with Crippen LogP contribution in [-0.4, -0.2) is 149 Å². The fourth-order valence-electron chi connectivity index (χ4n) is 11.2. The average Bonchev–Trinajstić information content (AvgIpc) is 1.59. The van der Waals surface area contributed by atoms with Crippen LogP contribution in [0.3, 0.4) is 0 Å². The number of nitrogen functional groups attached to an aromatic ring is 2. The maximum absolute atomic E-state index is 13.0. The first-order valence-electron chi connectivity index (χ1n) is 34.7. The number of hydrogen-bond acceptors (Lipinski definition) is 19. The highest BCUT2D eigenvalue weighted by atomic mass is 35.5. The predicted molar refractivity (Wildman–Crippen MR) is 417 cm³/mol. The number of carboxylic acids is 1. The van der Waals surface area contributed by atoms with Gasteiger partial charge in [-0.05, 0) is 181 Å². The number of hydrogen-bond donors (Lipinski definition) is 4. The van der Waals surface area contributed by atoms with Crippen LogP contribution in [0.25, 0.3) is 22.3 Å². The van der Waals surface area contributed by atoms with Crippen molar-refractivity contribution in [1.82, 2.24) is 34.9 Å². The van der Waals surface area contributed by atoms with Gasteiger partial charge in [0.1, 0.15) is 35.4 Å². The quantitative estimate of drug-likeness (QED) is 0.0594. The van der Waals surface area contributed by atoms with Gasteiger partial charge in [0.25, 0.3) is 5.91 Å². The molecule has 12 rings (SSSR count). The van der Waals surface area contributed by atoms with E-state index in [0.717, 1.165) is 161 Å². The van der Waals surface area contributed by atoms with Gasteiger partial charge in [0, 0.05) is 108 Å². The maximum Gasteiger partial charge on any atom is 0.495 e. The number of carboxylic acid groups (broad SMARTS) is 1. The van der Waals surface area contributed by atoms with E-state index >= 15 is 0 Å². The summed E-state index contributed by atoms with van der Waals surface area (Å²) < 4.78 is 28.3. The molecule has 23 heteroatoms. The number of morpholine rings is 3. The van der Waals surface area contributed by atoms with Crippen molar-refractivity contribution >= 4 is 70.2 Å². The van der Waals surface area contributed by atoms with Gasteiger partial charge in [-0.25, -0.2) is 39.7 Å². The van der Waals surface area contributed by atoms with Crippen molar-refractivity contribution in [2.45, 2.75) is 133 Å². The Kier molecular flexibility index (Phi) is 27.6. The molecule has 1 amide bonds. The van der Waals surface area contributed by atoms with E-state index in [2.05, 4.69) is 165 Å². The molecular formula is C81H97BClN13O8. The lowest BCUT2D eigenvalue weighted by atomic mass is 9.76. The van der Waals surface area contributed by atoms with E-state index in [1.807, 2.05) is 115 Å². The first kappa shape index (κ1) is 79.7. The van der Waals surface area contributed by atoms with Crippen LogP contribution in [0, 0.1) is 56.3 Å². The number of aromatic nitrogens is 7. The van der Waals surface area contributed by atoms with Crippen LogP contribution >= 0.6 is 11.6 Å². The minimum Gasteiger partial charge on any atom is -0.477 e. The number of benzene rings is 3. The van der Waals surface area contributed by atoms with Gasteiger partial charge in [-0.2, -0.15) is 0 Å². The normalized spacial score (nSPS) is 15.1. The van der Waals surface area contributed by atoms with E-state index in [4.69, 9.17) is 51.7 Å². The second-order valence-corrected chi connectivity index (χ2v) is 28.7. The van der Waals surface area contributed by atoms with Gasteiger partial charge in [0.15, 0.2) is 5.69 Å². The second-order valence-electron chi connectivity index (χ2n) is 28.3. The predicted octanol–water partition coefficient (Wildman–Crippen LogP) is 12.7. The smallest absolute Gasteiger partial charge is 0.477 e. The van der Waals surface area contributed by atoms with Crippen LogP contribution in [0.1, 0.15) is 156 Å². The molecule has 0 radical (unpaired) electrons. The third-order valence-corrected chi connectivity index (χ3v) is 18.1. The fourth-order valence-corrected chi connectivity index (χ4v) is 11.4. The topological polar surface area (TPSA) is 265 Å². The third kappa shape index (κ3) is 21.6. The van der Waals surface area contributed by atoms with Gasteiger partial charge in [0.2, 0.25) is 0 Å². The van der Waals surface area contributed by atoms with Crippen molar-refractivity contribution in [1.29, 1.82) is 0 Å². The van der Waals surface area contributed by atoms with E-state index in [1.165, 1.54) is 24.3 Å². The average molecular weight is 1430 g/mol. The molecule has 0 aliphatic carbocycles. The minimum absolute atomic E-state index is 0.0416. The molecular weight excluding hydrogens is 1330 g/mol. The van der Waals surface area contributed by atoms with Crippen LogP contribution in [0.4, 0.5) is 34.1 Å². The summed E-state index contributed by atoms with van der Waals surface area (Å²) in [5.74, 6) is 16.7. The molecule has 9 heterocycles. The molecule has 544 valence electrons. The number of rotatable bonds is 9. The first-order chi connectivity index (χ1) is 49.4. The molecule has 4 saturated heterocycles. The number of halogens is 1. The summed E-state index contributed by atoms with van der Waals surface area (Å²) in [6.45, 7) is 41.3. The molecule has 0 spiro atoms. The van der Waals surface area contributed by atoms with Crippen LogP contribution in [0.15, 0.2) is 116 Å². The lowest BCUT2D eigenvalue weighted by Gasteiger charge is -2.32. The van der Waals surface area contributed by atoms with Crippen LogP contribution in [-0.2, 0) is 34.3 Å². The number of aryl methyl sites for hydroxylation is 3. The van der Waals surface area contributed by atoms with Gasteiger partial charge in [-0.15, -0.1) is 0 Å². The Morgan fingerprint density at radius 1 is 0.519 bits per heavy atom. The zero-order valence-electron chi connectivity index (χ0n) is 62.8. The lowest BCUT2D eigenvalue weighted by Crippen LogP contribution is -2.41. The Morgan fingerprint density at radius 3 is 1.36 bits per heavy atom. The Labute approximate surface area is 618 Å². The molecule has 8 aromatic rings. The number of carbonyl (C=O) groups excluding carboxylic acids is 1. The molecule has 4 fully saturated rings. The molecule has 0 unspecified atom stereocenters. The van der Waals surface area contributed by atoms with E-state index < -0.39 is 5.97 Å². The zero-order valence-corrected chi connectivity index (χ0v) is 63.6. The first-order valence-corrected chi connectivity index (χ1v) is 35.1. The van der Waals surface area contributed by atoms with Crippen molar-refractivity contribution in [3.63, 3.8) is 0 Å². The number of amides is 1. The molecule has 21 nitrogen and oxygen atoms in total. The lowest BCUT2D eigenvalue weighted by molar-refractivity contribution is 0.00578. The van der Waals surface area contributed by atoms with Crippen molar-refractivity contribution < 1.29 is 38.2 Å². The minimum atomic E-state index is -1.02. The third-order valence-electron chi connectivity index (χ3n) is 17.9. The summed E-state index contributed by atoms with van der Waals surface area (Å²) in [6.07, 6.45) is 8.08. The van der Waals surface area contributed by atoms with Crippen LogP contribution < -0.4 is 36.9 Å². The Hall–Kier alpha value is -9.96. The summed E-state index contributed by atoms with van der Waals surface area (Å²) in [5, 5.41) is 12.3. The summed E-state index contributed by atoms with van der Waals surface area (Å²) in [4.78, 5) is 60.0. The molecule has 0 bridgehead atoms. The van der Waals surface area contributed by atoms with Gasteiger partial charge in [-0.3, -0.25) is 4.79 Å². The van der Waals surface area contributed by atoms with E-state index in [0.29, 0.717) is 29.6 Å². The Morgan fingerprint density at radius 2 is 0.913 bits per heavy atom. The number of ether oxygens (including phenoxy) is 3. The maximum atomic E-state index is 13.0. The fraction of sp³-hybridized carbons (Fsp3) is 0.395. The van der Waals surface area contributed by atoms with Gasteiger partial charge in [-0.1, -0.05) is 94.7 Å². The molecule has 104 heavy (non-hydrogen) atoms. The number of aromatic carboxylic acids is 1. The van der Waals surface area contributed by atoms with E-state index in [9.17, 15) is 9.59 Å². The number of carbonyl (C=O) groups is 2. The number of anilines is 6. The highest BCUT2D eigenvalue weighted by Crippen LogP contribution is 2.38. The summed E-state index contributed by atoms with van der Waals surface area (Å²) in [7, 11) is -0.330. The SMILES string of the molecule is CC#Cc1ncc(-c2cc(N)ccc2C)cc1N1CCOCC1.CC#Cc1ncc(-c2cc(NC(=O)c3cc(C(C)(C)C)ncn3)ccc2C)cc1N1CCOCC1.CC#Cc1ncc(Cl)cc1N1CCOCC1.CC(C)(C)c1cc(C(=O)O)ncn1.Cc1ccc(N)cc1B1OC(C)(C)C(C)(C)O1. The van der Waals surface area contributed by atoms with Crippen molar-refractivity contribution in [2.75, 3.05) is 110 Å². The standard InChI is InChI=1S/C28H31N5O2.C19H21N3O.C13H20BNO2.C12H13ClN2O.C9H12N2O2/c1-6-7-23-25(33-10-12-35-13-11-33)14-20(17-29-23)22-15-21(9-8-19(22)2)32-27(34)24-16-26(28(3,4)5)31-18-30-24;1-3-4-18-19(22-7-9-23-10-8-22)11-15(13-21-18)17-12-16(20)6-5-14(17)2;1-9-6-7-10(15)8-11(9)14-16-12(2,3)13(4,5)17-14;1-2-3-11-12(8-10(13)9-14-11)15-4-6-16-7-5-15;1-9(2,3)7-4-6(8(12)13)10-5-11-7/h8-9,14-18H,10-13H2,1-5H3,(H,32,34);5-6,11-13H,7-10,20H2,1-2H3;6-8H,15H2,1-5H3;8-9H,4-7H2,1H3;4-5H,1-3H3,(H,12,13). The Bertz CT molecular complexity index is 4510. The molecule has 3 aromatic carbocycles. The molecule has 5 aromatic heterocycles. The number of pyridine rings is 3. The highest BCUT2D eigenvalue weighted by molar-refractivity contribution is 6.62. The number of nitrogens with zero attached hydrogens (tertiary/aromatic N) is 10. The molecule has 4 aliphatic rings. The summed E-state index contributed by atoms with van der Waals surface area (Å²) in [5.41, 5.74) is 29.0. The Balaban J connectivity index is 0.000000173. The molecule has 0 saturated carbocycles. The molecule has 6 N–H and O–H groups in total. The summed E-state index contributed by atoms with van der Waals surface area (Å²) >= 11 is 5.97. The van der Waals surface area contributed by atoms with Crippen LogP contribution in [0.5, 0.6) is 0 Å². The van der Waals surface area contributed by atoms with Crippen molar-refractivity contribution in [2.24, 2.45) is 0 Å². The van der Waals surface area contributed by atoms with Crippen molar-refractivity contribution in [3.8, 4) is 57.8 Å². The summed E-state index contributed by atoms with van der Waals surface area (Å²) in [6, 6.07) is 27.1.